The first-order valence-electron chi connectivity index (χ1n) is 6.30. The van der Waals surface area contributed by atoms with Crippen LogP contribution in [0.25, 0.3) is 0 Å². The molecule has 3 heteroatoms. The summed E-state index contributed by atoms with van der Waals surface area (Å²) in [6.07, 6.45) is 5.54. The summed E-state index contributed by atoms with van der Waals surface area (Å²) in [5, 5.41) is 3.44. The van der Waals surface area contributed by atoms with E-state index in [0.29, 0.717) is 0 Å². The molecule has 1 atom stereocenters. The van der Waals surface area contributed by atoms with Crippen LogP contribution in [0.1, 0.15) is 50.7 Å². The normalized spacial score (nSPS) is 13.3. The van der Waals surface area contributed by atoms with Crippen LogP contribution >= 0.6 is 11.3 Å². The van der Waals surface area contributed by atoms with Crippen molar-refractivity contribution in [3.05, 3.63) is 16.1 Å². The van der Waals surface area contributed by atoms with Crippen LogP contribution in [0.3, 0.4) is 0 Å². The fourth-order valence-electron chi connectivity index (χ4n) is 1.71. The predicted octanol–water partition coefficient (Wildman–Crippen LogP) is 3.40. The van der Waals surface area contributed by atoms with Gasteiger partial charge in [-0.3, -0.25) is 0 Å². The molecule has 1 aromatic rings. The largest absolute Gasteiger partial charge is 0.327 e. The van der Waals surface area contributed by atoms with Crippen LogP contribution in [0.4, 0.5) is 0 Å². The molecule has 1 aromatic heterocycles. The summed E-state index contributed by atoms with van der Waals surface area (Å²) in [7, 11) is 0. The molecule has 0 bridgehead atoms. The maximum atomic E-state index is 6.01. The molecular formula is C13H24N2S. The van der Waals surface area contributed by atoms with Crippen LogP contribution in [0.15, 0.2) is 5.38 Å². The number of hydrogen-bond donors (Lipinski definition) is 1. The summed E-state index contributed by atoms with van der Waals surface area (Å²) in [5.41, 5.74) is 7.20. The molecule has 0 aliphatic heterocycles. The molecule has 1 heterocycles. The van der Waals surface area contributed by atoms with Crippen molar-refractivity contribution < 1.29 is 0 Å². The molecule has 0 aliphatic carbocycles. The minimum Gasteiger partial charge on any atom is -0.327 e. The average Bonchev–Trinajstić information content (AvgIpc) is 2.63. The van der Waals surface area contributed by atoms with Crippen molar-refractivity contribution in [2.75, 3.05) is 0 Å². The zero-order chi connectivity index (χ0) is 12.0. The quantitative estimate of drug-likeness (QED) is 0.793. The minimum absolute atomic E-state index is 0.282. The Hall–Kier alpha value is -0.410. The second-order valence-corrected chi connectivity index (χ2v) is 5.86. The number of hydrogen-bond acceptors (Lipinski definition) is 3. The molecular weight excluding hydrogens is 216 g/mol. The molecule has 2 N–H and O–H groups in total. The van der Waals surface area contributed by atoms with Gasteiger partial charge in [-0.15, -0.1) is 11.3 Å². The van der Waals surface area contributed by atoms with E-state index >= 15 is 0 Å². The van der Waals surface area contributed by atoms with E-state index in [4.69, 9.17) is 5.73 Å². The van der Waals surface area contributed by atoms with Crippen LogP contribution in [-0.4, -0.2) is 11.0 Å². The third kappa shape index (κ3) is 5.08. The highest BCUT2D eigenvalue weighted by atomic mass is 32.1. The fraction of sp³-hybridized carbons (Fsp3) is 0.769. The maximum absolute atomic E-state index is 6.01. The smallest absolute Gasteiger partial charge is 0.0928 e. The summed E-state index contributed by atoms with van der Waals surface area (Å²) in [6.45, 7) is 6.69. The van der Waals surface area contributed by atoms with Crippen molar-refractivity contribution in [3.63, 3.8) is 0 Å². The Morgan fingerprint density at radius 1 is 1.38 bits per heavy atom. The van der Waals surface area contributed by atoms with E-state index in [1.165, 1.54) is 17.1 Å². The molecule has 0 fully saturated rings. The van der Waals surface area contributed by atoms with Crippen LogP contribution in [-0.2, 0) is 12.8 Å². The average molecular weight is 240 g/mol. The molecule has 0 amide bonds. The van der Waals surface area contributed by atoms with Crippen LogP contribution in [0, 0.1) is 5.92 Å². The van der Waals surface area contributed by atoms with Crippen LogP contribution in [0.5, 0.6) is 0 Å². The second-order valence-electron chi connectivity index (χ2n) is 4.92. The topological polar surface area (TPSA) is 38.9 Å². The van der Waals surface area contributed by atoms with Crippen LogP contribution < -0.4 is 5.73 Å². The Kier molecular flexibility index (Phi) is 5.99. The minimum atomic E-state index is 0.282. The lowest BCUT2D eigenvalue weighted by Gasteiger charge is -2.07. The molecule has 0 radical (unpaired) electrons. The summed E-state index contributed by atoms with van der Waals surface area (Å²) < 4.78 is 0. The van der Waals surface area contributed by atoms with Gasteiger partial charge in [0, 0.05) is 17.8 Å². The Bertz CT molecular complexity index is 294. The lowest BCUT2D eigenvalue weighted by molar-refractivity contribution is 0.579. The van der Waals surface area contributed by atoms with E-state index in [0.717, 1.165) is 31.6 Å². The SMILES string of the molecule is CCCC(N)Cc1csc(CCC(C)C)n1. The summed E-state index contributed by atoms with van der Waals surface area (Å²) in [5.74, 6) is 0.759. The van der Waals surface area contributed by atoms with Gasteiger partial charge >= 0.3 is 0 Å². The van der Waals surface area contributed by atoms with Gasteiger partial charge in [0.05, 0.1) is 10.7 Å². The molecule has 16 heavy (non-hydrogen) atoms. The molecule has 0 aliphatic rings. The number of aromatic nitrogens is 1. The predicted molar refractivity (Wildman–Crippen MR) is 71.9 cm³/mol. The third-order valence-corrected chi connectivity index (χ3v) is 3.62. The molecule has 92 valence electrons. The van der Waals surface area contributed by atoms with E-state index < -0.39 is 0 Å². The van der Waals surface area contributed by atoms with Crippen molar-refractivity contribution in [2.45, 2.75) is 58.9 Å². The van der Waals surface area contributed by atoms with Gasteiger partial charge < -0.3 is 5.73 Å². The highest BCUT2D eigenvalue weighted by Crippen LogP contribution is 2.16. The van der Waals surface area contributed by atoms with Gasteiger partial charge in [-0.1, -0.05) is 27.2 Å². The van der Waals surface area contributed by atoms with Gasteiger partial charge in [-0.2, -0.15) is 0 Å². The number of rotatable bonds is 7. The van der Waals surface area contributed by atoms with Crippen LogP contribution in [0.2, 0.25) is 0 Å². The van der Waals surface area contributed by atoms with Crippen molar-refractivity contribution in [3.8, 4) is 0 Å². The zero-order valence-corrected chi connectivity index (χ0v) is 11.5. The first kappa shape index (κ1) is 13.7. The monoisotopic (exact) mass is 240 g/mol. The maximum Gasteiger partial charge on any atom is 0.0928 e. The number of aryl methyl sites for hydroxylation is 1. The molecule has 0 saturated heterocycles. The van der Waals surface area contributed by atoms with Gasteiger partial charge in [-0.05, 0) is 25.2 Å². The third-order valence-electron chi connectivity index (χ3n) is 2.67. The molecule has 1 rings (SSSR count). The van der Waals surface area contributed by atoms with Gasteiger partial charge in [-0.25, -0.2) is 4.98 Å². The second kappa shape index (κ2) is 7.02. The van der Waals surface area contributed by atoms with E-state index in [-0.39, 0.29) is 6.04 Å². The first-order valence-corrected chi connectivity index (χ1v) is 7.18. The summed E-state index contributed by atoms with van der Waals surface area (Å²) >= 11 is 1.78. The number of nitrogens with zero attached hydrogens (tertiary/aromatic N) is 1. The van der Waals surface area contributed by atoms with Gasteiger partial charge in [0.25, 0.3) is 0 Å². The standard InChI is InChI=1S/C13H24N2S/c1-4-5-11(14)8-12-9-16-13(15-12)7-6-10(2)3/h9-11H,4-8,14H2,1-3H3. The van der Waals surface area contributed by atoms with E-state index in [2.05, 4.69) is 31.1 Å². The van der Waals surface area contributed by atoms with E-state index in [1.807, 2.05) is 0 Å². The summed E-state index contributed by atoms with van der Waals surface area (Å²) in [6, 6.07) is 0.282. The van der Waals surface area contributed by atoms with Crippen molar-refractivity contribution in [1.82, 2.24) is 4.98 Å². The van der Waals surface area contributed by atoms with Crippen molar-refractivity contribution in [2.24, 2.45) is 11.7 Å². The van der Waals surface area contributed by atoms with E-state index in [9.17, 15) is 0 Å². The summed E-state index contributed by atoms with van der Waals surface area (Å²) in [4.78, 5) is 4.64. The van der Waals surface area contributed by atoms with Crippen molar-refractivity contribution in [1.29, 1.82) is 0 Å². The van der Waals surface area contributed by atoms with Gasteiger partial charge in [0.2, 0.25) is 0 Å². The van der Waals surface area contributed by atoms with Gasteiger partial charge in [0.15, 0.2) is 0 Å². The number of thiazole rings is 1. The Labute approximate surface area is 103 Å². The highest BCUT2D eigenvalue weighted by Gasteiger charge is 2.07. The first-order chi connectivity index (χ1) is 7.61. The lowest BCUT2D eigenvalue weighted by atomic mass is 10.1. The Balaban J connectivity index is 2.39. The molecule has 0 saturated carbocycles. The molecule has 1 unspecified atom stereocenters. The fourth-order valence-corrected chi connectivity index (χ4v) is 2.54. The Morgan fingerprint density at radius 3 is 2.75 bits per heavy atom. The molecule has 0 spiro atoms. The van der Waals surface area contributed by atoms with E-state index in [1.54, 1.807) is 11.3 Å². The highest BCUT2D eigenvalue weighted by molar-refractivity contribution is 7.09. The Morgan fingerprint density at radius 2 is 2.12 bits per heavy atom. The molecule has 2 nitrogen and oxygen atoms in total. The van der Waals surface area contributed by atoms with Crippen molar-refractivity contribution >= 4 is 11.3 Å². The zero-order valence-electron chi connectivity index (χ0n) is 10.7. The molecule has 0 aromatic carbocycles. The number of nitrogens with two attached hydrogens (primary N) is 1. The lowest BCUT2D eigenvalue weighted by Crippen LogP contribution is -2.22. The van der Waals surface area contributed by atoms with Gasteiger partial charge in [0.1, 0.15) is 0 Å².